The number of hydrogen-bond donors (Lipinski definition) is 0. The zero-order valence-corrected chi connectivity index (χ0v) is 15.3. The van der Waals surface area contributed by atoms with E-state index in [2.05, 4.69) is 15.9 Å². The van der Waals surface area contributed by atoms with Crippen molar-refractivity contribution in [1.82, 2.24) is 0 Å². The van der Waals surface area contributed by atoms with Crippen LogP contribution in [0.1, 0.15) is 31.7 Å². The van der Waals surface area contributed by atoms with Crippen LogP contribution in [0, 0.1) is 5.92 Å². The van der Waals surface area contributed by atoms with Gasteiger partial charge in [0.05, 0.1) is 10.1 Å². The van der Waals surface area contributed by atoms with Gasteiger partial charge in [0.2, 0.25) is 0 Å². The summed E-state index contributed by atoms with van der Waals surface area (Å²) in [7, 11) is 1.66. The standard InChI is InChI=1S/C19H19BrO4/c1-12(21)24-18(13-6-4-3-5-7-13)14-8-9-19(23-2)11-16(20)17(22)10-15(14)19/h3-7,11,15H,8-10H2,1-2H3/b18-14+/t15-,19+/m1/s1. The van der Waals surface area contributed by atoms with E-state index in [1.165, 1.54) is 6.92 Å². The number of carbonyl (C=O) groups is 2. The van der Waals surface area contributed by atoms with Crippen molar-refractivity contribution < 1.29 is 19.1 Å². The van der Waals surface area contributed by atoms with Gasteiger partial charge in [-0.2, -0.15) is 0 Å². The Hall–Kier alpha value is -1.72. The average molecular weight is 391 g/mol. The van der Waals surface area contributed by atoms with Crippen LogP contribution in [0.15, 0.2) is 46.5 Å². The summed E-state index contributed by atoms with van der Waals surface area (Å²) in [6.45, 7) is 1.39. The quantitative estimate of drug-likeness (QED) is 0.577. The fourth-order valence-electron chi connectivity index (χ4n) is 3.64. The first kappa shape index (κ1) is 17.1. The predicted octanol–water partition coefficient (Wildman–Crippen LogP) is 4.01. The number of ketones is 1. The monoisotopic (exact) mass is 390 g/mol. The van der Waals surface area contributed by atoms with Crippen LogP contribution in [0.3, 0.4) is 0 Å². The molecule has 0 amide bonds. The highest BCUT2D eigenvalue weighted by Crippen LogP contribution is 2.51. The molecule has 3 rings (SSSR count). The van der Waals surface area contributed by atoms with E-state index in [0.29, 0.717) is 16.7 Å². The number of Topliss-reactive ketones (excluding diaryl/α,β-unsaturated/α-hetero) is 1. The maximum absolute atomic E-state index is 12.2. The Labute approximate surface area is 149 Å². The maximum atomic E-state index is 12.2. The first-order chi connectivity index (χ1) is 11.5. The molecule has 0 aromatic heterocycles. The molecule has 0 heterocycles. The van der Waals surface area contributed by atoms with Gasteiger partial charge in [-0.25, -0.2) is 0 Å². The van der Waals surface area contributed by atoms with Crippen LogP contribution in [0.2, 0.25) is 0 Å². The molecule has 2 atom stereocenters. The van der Waals surface area contributed by atoms with Gasteiger partial charge in [0.15, 0.2) is 5.78 Å². The molecular formula is C19H19BrO4. The lowest BCUT2D eigenvalue weighted by Gasteiger charge is -2.35. The predicted molar refractivity (Wildman–Crippen MR) is 94.2 cm³/mol. The fraction of sp³-hybridized carbons (Fsp3) is 0.368. The second-order valence-electron chi connectivity index (χ2n) is 6.15. The number of methoxy groups -OCH3 is 1. The Bertz CT molecular complexity index is 735. The number of hydrogen-bond acceptors (Lipinski definition) is 4. The van der Waals surface area contributed by atoms with Crippen molar-refractivity contribution in [3.05, 3.63) is 52.0 Å². The lowest BCUT2D eigenvalue weighted by atomic mass is 9.79. The molecule has 0 aliphatic heterocycles. The largest absolute Gasteiger partial charge is 0.426 e. The van der Waals surface area contributed by atoms with Crippen LogP contribution in [0.5, 0.6) is 0 Å². The summed E-state index contributed by atoms with van der Waals surface area (Å²) >= 11 is 3.34. The van der Waals surface area contributed by atoms with E-state index in [1.54, 1.807) is 7.11 Å². The number of fused-ring (bicyclic) bond motifs is 1. The van der Waals surface area contributed by atoms with Gasteiger partial charge in [0.1, 0.15) is 5.76 Å². The van der Waals surface area contributed by atoms with Crippen molar-refractivity contribution in [1.29, 1.82) is 0 Å². The molecule has 0 bridgehead atoms. The normalized spacial score (nSPS) is 28.2. The molecule has 0 saturated heterocycles. The molecule has 24 heavy (non-hydrogen) atoms. The highest BCUT2D eigenvalue weighted by Gasteiger charge is 2.50. The van der Waals surface area contributed by atoms with E-state index < -0.39 is 5.60 Å². The molecule has 0 spiro atoms. The molecule has 126 valence electrons. The number of rotatable bonds is 3. The zero-order valence-electron chi connectivity index (χ0n) is 13.7. The number of benzene rings is 1. The molecule has 4 nitrogen and oxygen atoms in total. The van der Waals surface area contributed by atoms with Crippen molar-refractivity contribution in [2.75, 3.05) is 7.11 Å². The summed E-state index contributed by atoms with van der Waals surface area (Å²) in [6, 6.07) is 9.54. The molecule has 1 aromatic carbocycles. The van der Waals surface area contributed by atoms with Crippen LogP contribution in [-0.4, -0.2) is 24.5 Å². The number of carbonyl (C=O) groups excluding carboxylic acids is 2. The van der Waals surface area contributed by atoms with Crippen molar-refractivity contribution in [2.24, 2.45) is 5.92 Å². The van der Waals surface area contributed by atoms with E-state index in [9.17, 15) is 9.59 Å². The minimum atomic E-state index is -0.526. The summed E-state index contributed by atoms with van der Waals surface area (Å²) in [5.74, 6) is 0.120. The number of ether oxygens (including phenoxy) is 2. The lowest BCUT2D eigenvalue weighted by Crippen LogP contribution is -2.39. The molecule has 1 fully saturated rings. The minimum absolute atomic E-state index is 0.0438. The van der Waals surface area contributed by atoms with Crippen LogP contribution in [-0.2, 0) is 19.1 Å². The molecule has 2 aliphatic rings. The zero-order chi connectivity index (χ0) is 17.3. The lowest BCUT2D eigenvalue weighted by molar-refractivity contribution is -0.134. The van der Waals surface area contributed by atoms with Gasteiger partial charge >= 0.3 is 5.97 Å². The fourth-order valence-corrected chi connectivity index (χ4v) is 4.19. The molecule has 0 unspecified atom stereocenters. The van der Waals surface area contributed by atoms with Crippen molar-refractivity contribution in [3.8, 4) is 0 Å². The molecule has 0 radical (unpaired) electrons. The van der Waals surface area contributed by atoms with Gasteiger partial charge in [-0.05, 0) is 40.4 Å². The van der Waals surface area contributed by atoms with E-state index in [-0.39, 0.29) is 17.7 Å². The van der Waals surface area contributed by atoms with E-state index in [1.807, 2.05) is 36.4 Å². The van der Waals surface area contributed by atoms with Gasteiger partial charge in [-0.3, -0.25) is 9.59 Å². The van der Waals surface area contributed by atoms with E-state index in [0.717, 1.165) is 24.0 Å². The third-order valence-electron chi connectivity index (χ3n) is 4.78. The molecule has 2 aliphatic carbocycles. The summed E-state index contributed by atoms with van der Waals surface area (Å²) in [5, 5.41) is 0. The van der Waals surface area contributed by atoms with Gasteiger partial charge in [0.25, 0.3) is 0 Å². The van der Waals surface area contributed by atoms with Crippen molar-refractivity contribution in [3.63, 3.8) is 0 Å². The highest BCUT2D eigenvalue weighted by atomic mass is 79.9. The van der Waals surface area contributed by atoms with Gasteiger partial charge < -0.3 is 9.47 Å². The van der Waals surface area contributed by atoms with Gasteiger partial charge in [-0.1, -0.05) is 30.3 Å². The minimum Gasteiger partial charge on any atom is -0.426 e. The second kappa shape index (κ2) is 6.65. The summed E-state index contributed by atoms with van der Waals surface area (Å²) < 4.78 is 11.9. The van der Waals surface area contributed by atoms with Crippen LogP contribution in [0.4, 0.5) is 0 Å². The third-order valence-corrected chi connectivity index (χ3v) is 5.45. The molecule has 0 N–H and O–H groups in total. The Morgan fingerprint density at radius 2 is 2.00 bits per heavy atom. The third kappa shape index (κ3) is 2.98. The van der Waals surface area contributed by atoms with Crippen LogP contribution < -0.4 is 0 Å². The Morgan fingerprint density at radius 3 is 2.62 bits per heavy atom. The highest BCUT2D eigenvalue weighted by molar-refractivity contribution is 9.12. The van der Waals surface area contributed by atoms with Crippen LogP contribution in [0.25, 0.3) is 5.76 Å². The molecule has 5 heteroatoms. The first-order valence-electron chi connectivity index (χ1n) is 7.90. The molecule has 1 aromatic rings. The summed E-state index contributed by atoms with van der Waals surface area (Å²) in [6.07, 6.45) is 3.69. The summed E-state index contributed by atoms with van der Waals surface area (Å²) in [5.41, 5.74) is 1.29. The number of esters is 1. The average Bonchev–Trinajstić information content (AvgIpc) is 2.92. The van der Waals surface area contributed by atoms with Gasteiger partial charge in [-0.15, -0.1) is 0 Å². The maximum Gasteiger partial charge on any atom is 0.308 e. The van der Waals surface area contributed by atoms with Crippen LogP contribution >= 0.6 is 15.9 Å². The smallest absolute Gasteiger partial charge is 0.308 e. The number of halogens is 1. The first-order valence-corrected chi connectivity index (χ1v) is 8.70. The van der Waals surface area contributed by atoms with Crippen molar-refractivity contribution in [2.45, 2.75) is 31.8 Å². The Balaban J connectivity index is 2.13. The number of allylic oxidation sites excluding steroid dienone is 1. The Kier molecular flexibility index (Phi) is 4.74. The van der Waals surface area contributed by atoms with E-state index in [4.69, 9.17) is 9.47 Å². The topological polar surface area (TPSA) is 52.6 Å². The molecular weight excluding hydrogens is 372 g/mol. The van der Waals surface area contributed by atoms with E-state index >= 15 is 0 Å². The molecule has 1 saturated carbocycles. The Morgan fingerprint density at radius 1 is 1.29 bits per heavy atom. The summed E-state index contributed by atoms with van der Waals surface area (Å²) in [4.78, 5) is 23.9. The SMILES string of the molecule is CO[C@@]12C=C(Br)C(=O)C[C@@H]1/C(=C(/OC(C)=O)c1ccccc1)CC2. The second-order valence-corrected chi connectivity index (χ2v) is 7.00. The van der Waals surface area contributed by atoms with Crippen molar-refractivity contribution >= 4 is 33.4 Å². The van der Waals surface area contributed by atoms with Gasteiger partial charge in [0, 0.05) is 31.9 Å².